The van der Waals surface area contributed by atoms with Crippen LogP contribution in [-0.2, 0) is 4.74 Å². The van der Waals surface area contributed by atoms with E-state index in [0.717, 1.165) is 12.8 Å². The van der Waals surface area contributed by atoms with E-state index in [1.54, 1.807) is 7.11 Å². The molecule has 88 valence electrons. The second-order valence-electron chi connectivity index (χ2n) is 3.82. The molecule has 2 aromatic carbocycles. The maximum Gasteiger partial charge on any atom is 0.0507 e. The molecule has 0 heterocycles. The van der Waals surface area contributed by atoms with E-state index in [2.05, 4.69) is 60.7 Å². The number of rotatable bonds is 5. The molecule has 0 saturated carbocycles. The molecule has 2 heteroatoms. The standard InChI is InChI=1S/C15H17OP/c1-16-12-13-17(14-8-4-2-5-9-14)15-10-6-3-7-11-15/h2-11H,12-13H2,1H3. The van der Waals surface area contributed by atoms with Crippen LogP contribution in [0.2, 0.25) is 0 Å². The van der Waals surface area contributed by atoms with Gasteiger partial charge >= 0.3 is 0 Å². The monoisotopic (exact) mass is 244 g/mol. The van der Waals surface area contributed by atoms with E-state index in [9.17, 15) is 0 Å². The van der Waals surface area contributed by atoms with Gasteiger partial charge in [0.2, 0.25) is 0 Å². The van der Waals surface area contributed by atoms with E-state index < -0.39 is 0 Å². The molecule has 2 rings (SSSR count). The Kier molecular flexibility index (Phi) is 4.73. The summed E-state index contributed by atoms with van der Waals surface area (Å²) in [5, 5.41) is 2.84. The molecule has 0 atom stereocenters. The minimum atomic E-state index is -0.282. The molecule has 0 bridgehead atoms. The van der Waals surface area contributed by atoms with Crippen LogP contribution in [0.4, 0.5) is 0 Å². The van der Waals surface area contributed by atoms with Crippen LogP contribution in [0.15, 0.2) is 60.7 Å². The minimum absolute atomic E-state index is 0.282. The van der Waals surface area contributed by atoms with Crippen molar-refractivity contribution in [2.24, 2.45) is 0 Å². The van der Waals surface area contributed by atoms with Gasteiger partial charge in [0.15, 0.2) is 0 Å². The molecule has 0 unspecified atom stereocenters. The molecule has 0 amide bonds. The van der Waals surface area contributed by atoms with Crippen LogP contribution in [-0.4, -0.2) is 19.9 Å². The first-order valence-electron chi connectivity index (χ1n) is 5.78. The van der Waals surface area contributed by atoms with Crippen molar-refractivity contribution in [3.8, 4) is 0 Å². The number of hydrogen-bond donors (Lipinski definition) is 0. The highest BCUT2D eigenvalue weighted by Crippen LogP contribution is 2.32. The van der Waals surface area contributed by atoms with Gasteiger partial charge in [0.1, 0.15) is 0 Å². The summed E-state index contributed by atoms with van der Waals surface area (Å²) in [5.41, 5.74) is 0. The highest BCUT2D eigenvalue weighted by Gasteiger charge is 2.12. The molecule has 0 N–H and O–H groups in total. The van der Waals surface area contributed by atoms with E-state index in [1.165, 1.54) is 10.6 Å². The molecule has 2 aromatic rings. The van der Waals surface area contributed by atoms with Crippen LogP contribution < -0.4 is 10.6 Å². The van der Waals surface area contributed by atoms with Gasteiger partial charge in [-0.25, -0.2) is 0 Å². The predicted molar refractivity (Wildman–Crippen MR) is 75.8 cm³/mol. The van der Waals surface area contributed by atoms with Crippen molar-refractivity contribution in [3.05, 3.63) is 60.7 Å². The lowest BCUT2D eigenvalue weighted by atomic mass is 10.4. The fourth-order valence-corrected chi connectivity index (χ4v) is 4.05. The summed E-state index contributed by atoms with van der Waals surface area (Å²) in [6.45, 7) is 0.815. The van der Waals surface area contributed by atoms with E-state index in [0.29, 0.717) is 0 Å². The average molecular weight is 244 g/mol. The van der Waals surface area contributed by atoms with Gasteiger partial charge in [-0.3, -0.25) is 0 Å². The minimum Gasteiger partial charge on any atom is -0.384 e. The first-order valence-corrected chi connectivity index (χ1v) is 7.31. The Labute approximate surface area is 104 Å². The number of hydrogen-bond acceptors (Lipinski definition) is 1. The second-order valence-corrected chi connectivity index (χ2v) is 6.15. The Morgan fingerprint density at radius 1 is 0.824 bits per heavy atom. The summed E-state index contributed by atoms with van der Waals surface area (Å²) in [5.74, 6) is 0. The molecule has 0 radical (unpaired) electrons. The summed E-state index contributed by atoms with van der Waals surface area (Å²) >= 11 is 0. The van der Waals surface area contributed by atoms with Crippen molar-refractivity contribution in [3.63, 3.8) is 0 Å². The maximum absolute atomic E-state index is 5.23. The van der Waals surface area contributed by atoms with Gasteiger partial charge in [0, 0.05) is 7.11 Å². The third kappa shape index (κ3) is 3.39. The molecule has 0 aliphatic carbocycles. The molecule has 0 fully saturated rings. The maximum atomic E-state index is 5.23. The fraction of sp³-hybridized carbons (Fsp3) is 0.200. The zero-order chi connectivity index (χ0) is 11.9. The highest BCUT2D eigenvalue weighted by molar-refractivity contribution is 7.73. The molecule has 0 aliphatic rings. The van der Waals surface area contributed by atoms with E-state index in [1.807, 2.05) is 0 Å². The quantitative estimate of drug-likeness (QED) is 0.735. The molecule has 1 nitrogen and oxygen atoms in total. The van der Waals surface area contributed by atoms with E-state index >= 15 is 0 Å². The molecule has 0 spiro atoms. The van der Waals surface area contributed by atoms with Crippen molar-refractivity contribution in [2.75, 3.05) is 19.9 Å². The van der Waals surface area contributed by atoms with Crippen molar-refractivity contribution in [1.29, 1.82) is 0 Å². The van der Waals surface area contributed by atoms with Crippen LogP contribution in [0.1, 0.15) is 0 Å². The molecule has 0 aliphatic heterocycles. The number of benzene rings is 2. The average Bonchev–Trinajstić information content (AvgIpc) is 2.42. The zero-order valence-corrected chi connectivity index (χ0v) is 10.9. The summed E-state index contributed by atoms with van der Waals surface area (Å²) in [7, 11) is 1.49. The van der Waals surface area contributed by atoms with E-state index in [4.69, 9.17) is 4.74 Å². The normalized spacial score (nSPS) is 10.7. The van der Waals surface area contributed by atoms with Crippen LogP contribution in [0.25, 0.3) is 0 Å². The lowest BCUT2D eigenvalue weighted by molar-refractivity contribution is 0.218. The third-order valence-electron chi connectivity index (χ3n) is 2.65. The number of methoxy groups -OCH3 is 1. The largest absolute Gasteiger partial charge is 0.384 e. The van der Waals surface area contributed by atoms with Crippen LogP contribution in [0.3, 0.4) is 0 Å². The summed E-state index contributed by atoms with van der Waals surface area (Å²) in [6, 6.07) is 21.4. The SMILES string of the molecule is COCCP(c1ccccc1)c1ccccc1. The van der Waals surface area contributed by atoms with Crippen molar-refractivity contribution in [1.82, 2.24) is 0 Å². The third-order valence-corrected chi connectivity index (χ3v) is 5.13. The second kappa shape index (κ2) is 6.54. The Bertz CT molecular complexity index is 388. The Hall–Kier alpha value is -1.17. The molecule has 0 aromatic heterocycles. The van der Waals surface area contributed by atoms with Crippen LogP contribution in [0, 0.1) is 0 Å². The smallest absolute Gasteiger partial charge is 0.0507 e. The van der Waals surface area contributed by atoms with Gasteiger partial charge < -0.3 is 4.74 Å². The van der Waals surface area contributed by atoms with Gasteiger partial charge in [-0.15, -0.1) is 0 Å². The first kappa shape index (κ1) is 12.3. The van der Waals surface area contributed by atoms with Crippen LogP contribution >= 0.6 is 7.92 Å². The van der Waals surface area contributed by atoms with Crippen LogP contribution in [0.5, 0.6) is 0 Å². The Morgan fingerprint density at radius 3 is 1.71 bits per heavy atom. The van der Waals surface area contributed by atoms with E-state index in [-0.39, 0.29) is 7.92 Å². The Morgan fingerprint density at radius 2 is 1.29 bits per heavy atom. The molecule has 17 heavy (non-hydrogen) atoms. The van der Waals surface area contributed by atoms with Gasteiger partial charge in [0.05, 0.1) is 6.61 Å². The topological polar surface area (TPSA) is 9.23 Å². The highest BCUT2D eigenvalue weighted by atomic mass is 31.1. The van der Waals surface area contributed by atoms with Gasteiger partial charge in [0.25, 0.3) is 0 Å². The predicted octanol–water partition coefficient (Wildman–Crippen LogP) is 2.77. The molecular formula is C15H17OP. The summed E-state index contributed by atoms with van der Waals surface area (Å²) in [4.78, 5) is 0. The first-order chi connectivity index (χ1) is 8.42. The lowest BCUT2D eigenvalue weighted by Gasteiger charge is -2.18. The molecular weight excluding hydrogens is 227 g/mol. The summed E-state index contributed by atoms with van der Waals surface area (Å²) < 4.78 is 5.23. The Balaban J connectivity index is 2.26. The van der Waals surface area contributed by atoms with Gasteiger partial charge in [-0.1, -0.05) is 60.7 Å². The molecule has 0 saturated heterocycles. The fourth-order valence-electron chi connectivity index (χ4n) is 1.81. The number of ether oxygens (including phenoxy) is 1. The summed E-state index contributed by atoms with van der Waals surface area (Å²) in [6.07, 6.45) is 1.08. The van der Waals surface area contributed by atoms with Crippen molar-refractivity contribution < 1.29 is 4.74 Å². The lowest BCUT2D eigenvalue weighted by Crippen LogP contribution is -2.15. The zero-order valence-electron chi connectivity index (χ0n) is 10.0. The van der Waals surface area contributed by atoms with Gasteiger partial charge in [-0.2, -0.15) is 0 Å². The van der Waals surface area contributed by atoms with Crippen molar-refractivity contribution in [2.45, 2.75) is 0 Å². The van der Waals surface area contributed by atoms with Gasteiger partial charge in [-0.05, 0) is 24.7 Å². The van der Waals surface area contributed by atoms with Crippen molar-refractivity contribution >= 4 is 18.5 Å².